The molecule has 0 saturated carbocycles. The fourth-order valence-electron chi connectivity index (χ4n) is 4.68. The lowest BCUT2D eigenvalue weighted by Gasteiger charge is -2.36. The number of fused-ring (bicyclic) bond motifs is 1. The lowest BCUT2D eigenvalue weighted by Crippen LogP contribution is -2.48. The third-order valence-electron chi connectivity index (χ3n) is 6.52. The highest BCUT2D eigenvalue weighted by Crippen LogP contribution is 2.34. The van der Waals surface area contributed by atoms with Gasteiger partial charge < -0.3 is 14.5 Å². The number of amides is 1. The van der Waals surface area contributed by atoms with Crippen molar-refractivity contribution < 1.29 is 17.9 Å². The number of sulfonamides is 1. The molecule has 0 bridgehead atoms. The predicted molar refractivity (Wildman–Crippen MR) is 132 cm³/mol. The summed E-state index contributed by atoms with van der Waals surface area (Å²) in [5, 5.41) is 0. The van der Waals surface area contributed by atoms with Crippen LogP contribution in [0, 0.1) is 0 Å². The fourth-order valence-corrected chi connectivity index (χ4v) is 6.21. The van der Waals surface area contributed by atoms with E-state index in [9.17, 15) is 13.2 Å². The van der Waals surface area contributed by atoms with Crippen molar-refractivity contribution in [2.75, 3.05) is 49.0 Å². The highest BCUT2D eigenvalue weighted by molar-refractivity contribution is 7.92. The van der Waals surface area contributed by atoms with Crippen LogP contribution in [0.1, 0.15) is 15.9 Å². The quantitative estimate of drug-likeness (QED) is 0.563. The van der Waals surface area contributed by atoms with Gasteiger partial charge in [-0.15, -0.1) is 0 Å². The Bertz CT molecular complexity index is 1300. The van der Waals surface area contributed by atoms with Crippen molar-refractivity contribution in [3.8, 4) is 5.75 Å². The number of hydrogen-bond acceptors (Lipinski definition) is 5. The molecule has 2 aliphatic rings. The second-order valence-corrected chi connectivity index (χ2v) is 10.3. The average Bonchev–Trinajstić information content (AvgIpc) is 3.34. The molecule has 0 unspecified atom stereocenters. The van der Waals surface area contributed by atoms with Crippen molar-refractivity contribution in [1.29, 1.82) is 0 Å². The first kappa shape index (κ1) is 22.3. The van der Waals surface area contributed by atoms with Gasteiger partial charge in [0.15, 0.2) is 0 Å². The van der Waals surface area contributed by atoms with Crippen LogP contribution in [-0.4, -0.2) is 59.1 Å². The molecule has 5 rings (SSSR count). The van der Waals surface area contributed by atoms with Crippen LogP contribution in [0.5, 0.6) is 5.75 Å². The number of ether oxygens (including phenoxy) is 1. The third-order valence-corrected chi connectivity index (χ3v) is 8.33. The zero-order valence-electron chi connectivity index (χ0n) is 19.1. The Labute approximate surface area is 200 Å². The lowest BCUT2D eigenvalue weighted by molar-refractivity contribution is 0.0743. The topological polar surface area (TPSA) is 70.2 Å². The summed E-state index contributed by atoms with van der Waals surface area (Å²) in [7, 11) is -2.32. The molecular weight excluding hydrogens is 450 g/mol. The number of piperazine rings is 1. The molecule has 0 aliphatic carbocycles. The van der Waals surface area contributed by atoms with Gasteiger partial charge in [0.1, 0.15) is 5.75 Å². The molecule has 1 saturated heterocycles. The van der Waals surface area contributed by atoms with Gasteiger partial charge in [0.05, 0.1) is 23.3 Å². The molecule has 1 fully saturated rings. The van der Waals surface area contributed by atoms with E-state index in [0.717, 1.165) is 11.3 Å². The Morgan fingerprint density at radius 3 is 2.29 bits per heavy atom. The second-order valence-electron chi connectivity index (χ2n) is 8.43. The van der Waals surface area contributed by atoms with Crippen LogP contribution >= 0.6 is 0 Å². The van der Waals surface area contributed by atoms with Crippen molar-refractivity contribution in [2.45, 2.75) is 11.3 Å². The summed E-state index contributed by atoms with van der Waals surface area (Å²) in [6.45, 7) is 2.90. The van der Waals surface area contributed by atoms with Gasteiger partial charge in [-0.05, 0) is 48.4 Å². The van der Waals surface area contributed by atoms with Crippen LogP contribution in [0.4, 0.5) is 11.4 Å². The third kappa shape index (κ3) is 3.98. The summed E-state index contributed by atoms with van der Waals surface area (Å²) < 4.78 is 33.9. The van der Waals surface area contributed by atoms with Gasteiger partial charge in [0, 0.05) is 38.4 Å². The highest BCUT2D eigenvalue weighted by Gasteiger charge is 2.32. The van der Waals surface area contributed by atoms with Crippen LogP contribution in [0.25, 0.3) is 0 Å². The molecule has 0 spiro atoms. The van der Waals surface area contributed by atoms with Gasteiger partial charge in [-0.25, -0.2) is 8.42 Å². The van der Waals surface area contributed by atoms with Crippen molar-refractivity contribution >= 4 is 27.3 Å². The number of carbonyl (C=O) groups is 1. The molecule has 1 amide bonds. The predicted octanol–water partition coefficient (Wildman–Crippen LogP) is 3.41. The normalized spacial score (nSPS) is 15.9. The van der Waals surface area contributed by atoms with E-state index in [-0.39, 0.29) is 16.4 Å². The molecular formula is C26H27N3O4S. The van der Waals surface area contributed by atoms with Crippen LogP contribution in [0.15, 0.2) is 77.7 Å². The number of methoxy groups -OCH3 is 1. The molecule has 2 aliphatic heterocycles. The van der Waals surface area contributed by atoms with E-state index < -0.39 is 10.0 Å². The number of hydrogen-bond donors (Lipinski definition) is 0. The van der Waals surface area contributed by atoms with Gasteiger partial charge in [-0.3, -0.25) is 9.10 Å². The summed E-state index contributed by atoms with van der Waals surface area (Å²) in [5.41, 5.74) is 3.10. The SMILES string of the molecule is COc1ccc(S(=O)(=O)N2CCc3ccccc32)cc1C(=O)N1CCN(c2ccccc2)CC1. The second kappa shape index (κ2) is 9.02. The van der Waals surface area contributed by atoms with E-state index in [2.05, 4.69) is 17.0 Å². The Morgan fingerprint density at radius 2 is 1.56 bits per heavy atom. The molecule has 0 aromatic heterocycles. The number of rotatable bonds is 5. The van der Waals surface area contributed by atoms with Crippen molar-refractivity contribution in [3.63, 3.8) is 0 Å². The number of para-hydroxylation sites is 2. The first-order valence-electron chi connectivity index (χ1n) is 11.4. The number of nitrogens with zero attached hydrogens (tertiary/aromatic N) is 3. The zero-order valence-corrected chi connectivity index (χ0v) is 19.9. The lowest BCUT2D eigenvalue weighted by atomic mass is 10.1. The number of carbonyl (C=O) groups excluding carboxylic acids is 1. The van der Waals surface area contributed by atoms with Gasteiger partial charge in [-0.2, -0.15) is 0 Å². The maximum Gasteiger partial charge on any atom is 0.264 e. The Hall–Kier alpha value is -3.52. The standard InChI is InChI=1S/C26H27N3O4S/c1-33-25-12-11-22(34(31,32)29-14-13-20-7-5-6-10-24(20)29)19-23(25)26(30)28-17-15-27(16-18-28)21-8-3-2-4-9-21/h2-12,19H,13-18H2,1H3. The summed E-state index contributed by atoms with van der Waals surface area (Å²) in [5.74, 6) is 0.152. The fraction of sp³-hybridized carbons (Fsp3) is 0.269. The molecule has 3 aromatic rings. The molecule has 0 atom stereocenters. The minimum Gasteiger partial charge on any atom is -0.496 e. The van der Waals surface area contributed by atoms with Crippen LogP contribution in [-0.2, 0) is 16.4 Å². The van der Waals surface area contributed by atoms with E-state index in [1.807, 2.05) is 42.5 Å². The summed E-state index contributed by atoms with van der Waals surface area (Å²) in [6, 6.07) is 22.2. The van der Waals surface area contributed by atoms with Crippen molar-refractivity contribution in [2.24, 2.45) is 0 Å². The molecule has 0 radical (unpaired) electrons. The van der Waals surface area contributed by atoms with Gasteiger partial charge in [0.25, 0.3) is 15.9 Å². The van der Waals surface area contributed by atoms with E-state index in [1.54, 1.807) is 11.0 Å². The van der Waals surface area contributed by atoms with E-state index in [4.69, 9.17) is 4.74 Å². The Kier molecular flexibility index (Phi) is 5.91. The van der Waals surface area contributed by atoms with Gasteiger partial charge in [-0.1, -0.05) is 36.4 Å². The van der Waals surface area contributed by atoms with Gasteiger partial charge in [0.2, 0.25) is 0 Å². The van der Waals surface area contributed by atoms with E-state index in [0.29, 0.717) is 50.6 Å². The molecule has 0 N–H and O–H groups in total. The summed E-state index contributed by atoms with van der Waals surface area (Å²) >= 11 is 0. The van der Waals surface area contributed by atoms with E-state index in [1.165, 1.54) is 23.5 Å². The number of anilines is 2. The van der Waals surface area contributed by atoms with Crippen LogP contribution < -0.4 is 13.9 Å². The first-order chi connectivity index (χ1) is 16.5. The maximum absolute atomic E-state index is 13.5. The molecule has 3 aromatic carbocycles. The Morgan fingerprint density at radius 1 is 0.853 bits per heavy atom. The van der Waals surface area contributed by atoms with Crippen molar-refractivity contribution in [3.05, 3.63) is 83.9 Å². The molecule has 2 heterocycles. The highest BCUT2D eigenvalue weighted by atomic mass is 32.2. The van der Waals surface area contributed by atoms with Gasteiger partial charge >= 0.3 is 0 Å². The molecule has 7 nitrogen and oxygen atoms in total. The summed E-state index contributed by atoms with van der Waals surface area (Å²) in [6.07, 6.45) is 0.670. The average molecular weight is 478 g/mol. The number of benzene rings is 3. The smallest absolute Gasteiger partial charge is 0.264 e. The minimum absolute atomic E-state index is 0.0938. The van der Waals surface area contributed by atoms with Crippen LogP contribution in [0.3, 0.4) is 0 Å². The maximum atomic E-state index is 13.5. The largest absolute Gasteiger partial charge is 0.496 e. The minimum atomic E-state index is -3.81. The summed E-state index contributed by atoms with van der Waals surface area (Å²) in [4.78, 5) is 17.5. The molecule has 176 valence electrons. The monoisotopic (exact) mass is 477 g/mol. The zero-order chi connectivity index (χ0) is 23.7. The van der Waals surface area contributed by atoms with Crippen molar-refractivity contribution in [1.82, 2.24) is 4.90 Å². The van der Waals surface area contributed by atoms with E-state index >= 15 is 0 Å². The Balaban J connectivity index is 1.39. The van der Waals surface area contributed by atoms with Crippen LogP contribution in [0.2, 0.25) is 0 Å². The first-order valence-corrected chi connectivity index (χ1v) is 12.8. The molecule has 34 heavy (non-hydrogen) atoms. The molecule has 8 heteroatoms.